The molecule has 9 nitrogen and oxygen atoms in total. The second kappa shape index (κ2) is 8.41. The van der Waals surface area contributed by atoms with E-state index in [9.17, 15) is 9.59 Å². The van der Waals surface area contributed by atoms with Crippen molar-refractivity contribution in [3.05, 3.63) is 82.9 Å². The number of carbonyl (C=O) groups is 2. The molecule has 10 heteroatoms. The van der Waals surface area contributed by atoms with Gasteiger partial charge in [0.25, 0.3) is 5.91 Å². The highest BCUT2D eigenvalue weighted by Crippen LogP contribution is 2.21. The first-order valence-electron chi connectivity index (χ1n) is 9.33. The summed E-state index contributed by atoms with van der Waals surface area (Å²) < 4.78 is 2.96. The molecule has 0 saturated carbocycles. The number of nitrogens with one attached hydrogen (secondary N) is 2. The lowest BCUT2D eigenvalue weighted by atomic mass is 10.2. The Balaban J connectivity index is 1.60. The number of amides is 2. The van der Waals surface area contributed by atoms with Gasteiger partial charge in [-0.05, 0) is 19.1 Å². The van der Waals surface area contributed by atoms with Crippen molar-refractivity contribution < 1.29 is 9.59 Å². The summed E-state index contributed by atoms with van der Waals surface area (Å²) in [5.41, 5.74) is 6.82. The van der Waals surface area contributed by atoms with E-state index in [1.54, 1.807) is 18.7 Å². The molecule has 0 radical (unpaired) electrons. The van der Waals surface area contributed by atoms with Gasteiger partial charge in [0.15, 0.2) is 5.82 Å². The lowest BCUT2D eigenvalue weighted by Gasteiger charge is -2.05. The van der Waals surface area contributed by atoms with Gasteiger partial charge in [0.1, 0.15) is 10.7 Å². The van der Waals surface area contributed by atoms with Crippen LogP contribution >= 0.6 is 11.6 Å². The number of benzene rings is 2. The summed E-state index contributed by atoms with van der Waals surface area (Å²) >= 11 is 6.10. The Hall–Kier alpha value is -3.98. The van der Waals surface area contributed by atoms with Crippen molar-refractivity contribution in [2.24, 2.45) is 7.05 Å². The highest BCUT2D eigenvalue weighted by molar-refractivity contribution is 6.33. The number of carbonyl (C=O) groups excluding carboxylic acids is 2. The first-order valence-corrected chi connectivity index (χ1v) is 9.71. The number of hydrogen-bond acceptors (Lipinski definition) is 5. The third kappa shape index (κ3) is 4.03. The third-order valence-electron chi connectivity index (χ3n) is 4.51. The molecule has 2 aromatic heterocycles. The van der Waals surface area contributed by atoms with E-state index in [4.69, 9.17) is 11.6 Å². The highest BCUT2D eigenvalue weighted by Gasteiger charge is 2.22. The van der Waals surface area contributed by atoms with E-state index in [2.05, 4.69) is 26.0 Å². The SMILES string of the molecule is Cc1nn(C)c(Cl)c1C(=O)NNC(=O)c1nc(-c2ccccc2)n(-c2ccccc2)n1. The first-order chi connectivity index (χ1) is 15.0. The van der Waals surface area contributed by atoms with Crippen molar-refractivity contribution in [3.8, 4) is 17.1 Å². The minimum atomic E-state index is -0.669. The van der Waals surface area contributed by atoms with Crippen molar-refractivity contribution in [2.75, 3.05) is 0 Å². The number of rotatable bonds is 4. The quantitative estimate of drug-likeness (QED) is 0.479. The van der Waals surface area contributed by atoms with E-state index in [0.29, 0.717) is 11.5 Å². The van der Waals surface area contributed by atoms with Gasteiger partial charge in [-0.1, -0.05) is 60.1 Å². The zero-order chi connectivity index (χ0) is 22.0. The molecule has 4 rings (SSSR count). The van der Waals surface area contributed by atoms with Crippen molar-refractivity contribution in [1.29, 1.82) is 0 Å². The van der Waals surface area contributed by atoms with E-state index >= 15 is 0 Å². The third-order valence-corrected chi connectivity index (χ3v) is 4.95. The number of para-hydroxylation sites is 1. The molecule has 2 aromatic carbocycles. The smallest absolute Gasteiger partial charge is 0.267 e. The Bertz CT molecular complexity index is 1190. The average Bonchev–Trinajstić information content (AvgIpc) is 3.34. The van der Waals surface area contributed by atoms with Gasteiger partial charge in [-0.3, -0.25) is 25.1 Å². The lowest BCUT2D eigenvalue weighted by molar-refractivity contribution is 0.0840. The molecule has 156 valence electrons. The number of nitrogens with zero attached hydrogens (tertiary/aromatic N) is 5. The number of halogens is 1. The lowest BCUT2D eigenvalue weighted by Crippen LogP contribution is -2.42. The van der Waals surface area contributed by atoms with Crippen LogP contribution in [0.5, 0.6) is 0 Å². The zero-order valence-electron chi connectivity index (χ0n) is 16.7. The molecule has 0 aliphatic carbocycles. The molecule has 0 saturated heterocycles. The fourth-order valence-corrected chi connectivity index (χ4v) is 3.31. The van der Waals surface area contributed by atoms with Crippen molar-refractivity contribution >= 4 is 23.4 Å². The average molecular weight is 436 g/mol. The number of aromatic nitrogens is 5. The maximum absolute atomic E-state index is 12.7. The Morgan fingerprint density at radius 2 is 1.52 bits per heavy atom. The fourth-order valence-electron chi connectivity index (χ4n) is 3.05. The number of aryl methyl sites for hydroxylation is 2. The summed E-state index contributed by atoms with van der Waals surface area (Å²) in [6.07, 6.45) is 0. The maximum Gasteiger partial charge on any atom is 0.309 e. The second-order valence-electron chi connectivity index (χ2n) is 6.66. The van der Waals surface area contributed by atoms with Crippen molar-refractivity contribution in [1.82, 2.24) is 35.4 Å². The molecule has 0 aliphatic heterocycles. The fraction of sp³-hybridized carbons (Fsp3) is 0.0952. The molecule has 2 N–H and O–H groups in total. The summed E-state index contributed by atoms with van der Waals surface area (Å²) in [6.45, 7) is 1.65. The Morgan fingerprint density at radius 3 is 2.13 bits per heavy atom. The Morgan fingerprint density at radius 1 is 0.903 bits per heavy atom. The predicted octanol–water partition coefficient (Wildman–Crippen LogP) is 2.70. The van der Waals surface area contributed by atoms with Gasteiger partial charge in [-0.25, -0.2) is 9.67 Å². The molecule has 0 unspecified atom stereocenters. The largest absolute Gasteiger partial charge is 0.309 e. The van der Waals surface area contributed by atoms with Crippen LogP contribution in [0.2, 0.25) is 5.15 Å². The van der Waals surface area contributed by atoms with Crippen molar-refractivity contribution in [3.63, 3.8) is 0 Å². The summed E-state index contributed by atoms with van der Waals surface area (Å²) in [6, 6.07) is 18.7. The minimum Gasteiger partial charge on any atom is -0.267 e. The molecule has 0 fully saturated rings. The van der Waals surface area contributed by atoms with Gasteiger partial charge < -0.3 is 0 Å². The van der Waals surface area contributed by atoms with Gasteiger partial charge in [0.2, 0.25) is 5.82 Å². The summed E-state index contributed by atoms with van der Waals surface area (Å²) in [7, 11) is 1.62. The van der Waals surface area contributed by atoms with Crippen LogP contribution in [0.4, 0.5) is 0 Å². The molecule has 31 heavy (non-hydrogen) atoms. The van der Waals surface area contributed by atoms with Crippen LogP contribution in [0, 0.1) is 6.92 Å². The monoisotopic (exact) mass is 435 g/mol. The van der Waals surface area contributed by atoms with Gasteiger partial charge in [0.05, 0.1) is 11.4 Å². The van der Waals surface area contributed by atoms with E-state index < -0.39 is 11.8 Å². The number of hydrazine groups is 1. The maximum atomic E-state index is 12.7. The van der Waals surface area contributed by atoms with Crippen LogP contribution in [0.3, 0.4) is 0 Å². The molecule has 0 spiro atoms. The summed E-state index contributed by atoms with van der Waals surface area (Å²) in [4.78, 5) is 29.5. The van der Waals surface area contributed by atoms with Gasteiger partial charge in [-0.15, -0.1) is 5.10 Å². The topological polar surface area (TPSA) is 107 Å². The van der Waals surface area contributed by atoms with Crippen molar-refractivity contribution in [2.45, 2.75) is 6.92 Å². The van der Waals surface area contributed by atoms with Crippen LogP contribution in [-0.4, -0.2) is 36.4 Å². The Kier molecular flexibility index (Phi) is 5.50. The molecule has 4 aromatic rings. The standard InChI is InChI=1S/C21H18ClN7O2/c1-13-16(17(22)28(2)26-13)20(30)24-25-21(31)18-23-19(14-9-5-3-6-10-14)29(27-18)15-11-7-4-8-12-15/h3-12H,1-2H3,(H,24,30)(H,25,31). The molecule has 2 heterocycles. The zero-order valence-corrected chi connectivity index (χ0v) is 17.5. The molecular weight excluding hydrogens is 418 g/mol. The van der Waals surface area contributed by atoms with Crippen LogP contribution < -0.4 is 10.9 Å². The molecule has 0 atom stereocenters. The highest BCUT2D eigenvalue weighted by atomic mass is 35.5. The Labute approximate surface area is 182 Å². The number of hydrogen-bond donors (Lipinski definition) is 2. The molecule has 2 amide bonds. The summed E-state index contributed by atoms with van der Waals surface area (Å²) in [5.74, 6) is -0.862. The van der Waals surface area contributed by atoms with E-state index in [1.807, 2.05) is 60.7 Å². The molecular formula is C21H18ClN7O2. The second-order valence-corrected chi connectivity index (χ2v) is 7.01. The molecule has 0 bridgehead atoms. The normalized spacial score (nSPS) is 10.7. The first kappa shape index (κ1) is 20.3. The minimum absolute atomic E-state index is 0.1000. The van der Waals surface area contributed by atoms with Crippen LogP contribution in [0.25, 0.3) is 17.1 Å². The van der Waals surface area contributed by atoms with Crippen LogP contribution in [0.15, 0.2) is 60.7 Å². The van der Waals surface area contributed by atoms with E-state index in [0.717, 1.165) is 11.3 Å². The van der Waals surface area contributed by atoms with Gasteiger partial charge >= 0.3 is 5.91 Å². The van der Waals surface area contributed by atoms with Crippen LogP contribution in [-0.2, 0) is 7.05 Å². The van der Waals surface area contributed by atoms with Gasteiger partial charge in [-0.2, -0.15) is 5.10 Å². The summed E-state index contributed by atoms with van der Waals surface area (Å²) in [5, 5.41) is 8.60. The van der Waals surface area contributed by atoms with E-state index in [-0.39, 0.29) is 16.5 Å². The molecule has 0 aliphatic rings. The van der Waals surface area contributed by atoms with Crippen LogP contribution in [0.1, 0.15) is 26.7 Å². The predicted molar refractivity (Wildman–Crippen MR) is 115 cm³/mol. The van der Waals surface area contributed by atoms with Gasteiger partial charge in [0, 0.05) is 12.6 Å². The van der Waals surface area contributed by atoms with E-state index in [1.165, 1.54) is 4.68 Å².